The zero-order valence-electron chi connectivity index (χ0n) is 13.8. The Labute approximate surface area is 148 Å². The third-order valence-corrected chi connectivity index (χ3v) is 5.79. The first kappa shape index (κ1) is 18.9. The minimum atomic E-state index is -3.53. The molecule has 6 heteroatoms. The van der Waals surface area contributed by atoms with Gasteiger partial charge in [0.2, 0.25) is 10.0 Å². The Morgan fingerprint density at radius 2 is 1.71 bits per heavy atom. The van der Waals surface area contributed by atoms with Crippen molar-refractivity contribution in [3.63, 3.8) is 0 Å². The maximum atomic E-state index is 12.4. The molecule has 1 N–H and O–H groups in total. The summed E-state index contributed by atoms with van der Waals surface area (Å²) in [5.74, 6) is -0.162. The molecule has 1 unspecified atom stereocenters. The molecule has 0 aliphatic heterocycles. The van der Waals surface area contributed by atoms with Crippen LogP contribution in [-0.4, -0.2) is 22.1 Å². The van der Waals surface area contributed by atoms with E-state index in [0.29, 0.717) is 17.0 Å². The van der Waals surface area contributed by atoms with Crippen LogP contribution in [0, 0.1) is 0 Å². The Morgan fingerprint density at radius 3 is 2.29 bits per heavy atom. The molecule has 4 nitrogen and oxygen atoms in total. The average molecular weight is 368 g/mol. The summed E-state index contributed by atoms with van der Waals surface area (Å²) >= 11 is 6.05. The van der Waals surface area contributed by atoms with E-state index in [1.807, 2.05) is 37.3 Å². The molecule has 0 fully saturated rings. The molecule has 24 heavy (non-hydrogen) atoms. The number of methoxy groups -OCH3 is 1. The quantitative estimate of drug-likeness (QED) is 0.773. The van der Waals surface area contributed by atoms with Crippen molar-refractivity contribution in [3.8, 4) is 0 Å². The number of benzene rings is 2. The zero-order valence-corrected chi connectivity index (χ0v) is 15.4. The molecule has 0 saturated carbocycles. The summed E-state index contributed by atoms with van der Waals surface area (Å²) in [5.41, 5.74) is 0.816. The highest BCUT2D eigenvalue weighted by Gasteiger charge is 2.31. The van der Waals surface area contributed by atoms with E-state index in [2.05, 4.69) is 4.72 Å². The highest BCUT2D eigenvalue weighted by atomic mass is 35.5. The molecular weight excluding hydrogens is 346 g/mol. The van der Waals surface area contributed by atoms with Crippen LogP contribution in [0.3, 0.4) is 0 Å². The topological polar surface area (TPSA) is 55.4 Å². The number of sulfonamides is 1. The third-order valence-electron chi connectivity index (χ3n) is 4.14. The smallest absolute Gasteiger partial charge is 0.215 e. The van der Waals surface area contributed by atoms with E-state index < -0.39 is 15.6 Å². The molecule has 130 valence electrons. The van der Waals surface area contributed by atoms with E-state index in [9.17, 15) is 8.42 Å². The van der Waals surface area contributed by atoms with Crippen molar-refractivity contribution in [3.05, 3.63) is 70.7 Å². The van der Waals surface area contributed by atoms with E-state index >= 15 is 0 Å². The predicted octanol–water partition coefficient (Wildman–Crippen LogP) is 3.71. The molecule has 2 rings (SSSR count). The molecule has 0 heterocycles. The van der Waals surface area contributed by atoms with Gasteiger partial charge in [-0.2, -0.15) is 0 Å². The monoisotopic (exact) mass is 367 g/mol. The molecule has 2 aromatic carbocycles. The van der Waals surface area contributed by atoms with Gasteiger partial charge in [-0.25, -0.2) is 13.1 Å². The largest absolute Gasteiger partial charge is 0.372 e. The second kappa shape index (κ2) is 8.12. The Hall–Kier alpha value is -1.40. The minimum Gasteiger partial charge on any atom is -0.372 e. The second-order valence-corrected chi connectivity index (χ2v) is 7.80. The second-order valence-electron chi connectivity index (χ2n) is 5.59. The van der Waals surface area contributed by atoms with Crippen LogP contribution in [0.25, 0.3) is 0 Å². The van der Waals surface area contributed by atoms with Crippen LogP contribution in [-0.2, 0) is 26.1 Å². The lowest BCUT2D eigenvalue weighted by molar-refractivity contribution is -0.0133. The molecule has 0 aromatic heterocycles. The fourth-order valence-corrected chi connectivity index (χ4v) is 4.10. The summed E-state index contributed by atoms with van der Waals surface area (Å²) in [6, 6.07) is 16.6. The van der Waals surface area contributed by atoms with Crippen LogP contribution in [0.5, 0.6) is 0 Å². The zero-order chi connectivity index (χ0) is 17.6. The van der Waals surface area contributed by atoms with Crippen LogP contribution in [0.15, 0.2) is 54.6 Å². The summed E-state index contributed by atoms with van der Waals surface area (Å²) in [5, 5.41) is 0.444. The van der Waals surface area contributed by atoms with Gasteiger partial charge in [0, 0.05) is 18.7 Å². The number of nitrogens with one attached hydrogen (secondary N) is 1. The number of ether oxygens (including phenoxy) is 1. The lowest BCUT2D eigenvalue weighted by Gasteiger charge is -2.32. The van der Waals surface area contributed by atoms with E-state index in [1.54, 1.807) is 31.4 Å². The summed E-state index contributed by atoms with van der Waals surface area (Å²) < 4.78 is 33.2. The summed E-state index contributed by atoms with van der Waals surface area (Å²) in [7, 11) is -1.94. The normalized spacial score (nSPS) is 14.3. The molecular formula is C18H22ClNO3S. The predicted molar refractivity (Wildman–Crippen MR) is 97.5 cm³/mol. The summed E-state index contributed by atoms with van der Waals surface area (Å²) in [4.78, 5) is 0. The van der Waals surface area contributed by atoms with Crippen molar-refractivity contribution in [2.24, 2.45) is 0 Å². The van der Waals surface area contributed by atoms with Gasteiger partial charge >= 0.3 is 0 Å². The Morgan fingerprint density at radius 1 is 1.08 bits per heavy atom. The van der Waals surface area contributed by atoms with Gasteiger partial charge in [-0.1, -0.05) is 67.1 Å². The molecule has 0 radical (unpaired) electrons. The van der Waals surface area contributed by atoms with E-state index in [-0.39, 0.29) is 12.3 Å². The van der Waals surface area contributed by atoms with Gasteiger partial charge in [-0.3, -0.25) is 0 Å². The van der Waals surface area contributed by atoms with Crippen LogP contribution < -0.4 is 4.72 Å². The minimum absolute atomic E-state index is 0.162. The van der Waals surface area contributed by atoms with Crippen molar-refractivity contribution in [1.29, 1.82) is 0 Å². The van der Waals surface area contributed by atoms with Crippen molar-refractivity contribution >= 4 is 21.6 Å². The highest BCUT2D eigenvalue weighted by molar-refractivity contribution is 7.88. The van der Waals surface area contributed by atoms with E-state index in [0.717, 1.165) is 5.56 Å². The number of halogens is 1. The van der Waals surface area contributed by atoms with Gasteiger partial charge in [-0.05, 0) is 23.6 Å². The fourth-order valence-electron chi connectivity index (χ4n) is 2.61. The highest BCUT2D eigenvalue weighted by Crippen LogP contribution is 2.28. The van der Waals surface area contributed by atoms with E-state index in [4.69, 9.17) is 16.3 Å². The number of hydrogen-bond donors (Lipinski definition) is 1. The van der Waals surface area contributed by atoms with Crippen LogP contribution in [0.4, 0.5) is 0 Å². The van der Waals surface area contributed by atoms with Crippen molar-refractivity contribution < 1.29 is 13.2 Å². The van der Waals surface area contributed by atoms with Gasteiger partial charge in [0.05, 0.1) is 5.75 Å². The van der Waals surface area contributed by atoms with Crippen LogP contribution in [0.1, 0.15) is 24.5 Å². The van der Waals surface area contributed by atoms with Gasteiger partial charge in [0.25, 0.3) is 0 Å². The van der Waals surface area contributed by atoms with Gasteiger partial charge in [0.15, 0.2) is 0 Å². The average Bonchev–Trinajstić information content (AvgIpc) is 2.59. The fraction of sp³-hybridized carbons (Fsp3) is 0.333. The van der Waals surface area contributed by atoms with Crippen molar-refractivity contribution in [2.45, 2.75) is 24.7 Å². The van der Waals surface area contributed by atoms with Gasteiger partial charge < -0.3 is 4.74 Å². The standard InChI is InChI=1S/C18H22ClNO3S/c1-3-18(23-2,16-10-5-4-6-11-16)14-20-24(21,22)13-15-9-7-8-12-17(15)19/h4-12,20H,3,13-14H2,1-2H3. The molecule has 2 aromatic rings. The van der Waals surface area contributed by atoms with Crippen LogP contribution >= 0.6 is 11.6 Å². The first-order chi connectivity index (χ1) is 11.4. The SMILES string of the molecule is CCC(CNS(=O)(=O)Cc1ccccc1Cl)(OC)c1ccccc1. The summed E-state index contributed by atoms with van der Waals surface area (Å²) in [6.45, 7) is 2.13. The lowest BCUT2D eigenvalue weighted by atomic mass is 9.91. The molecule has 0 amide bonds. The Kier molecular flexibility index (Phi) is 6.40. The van der Waals surface area contributed by atoms with Gasteiger partial charge in [0.1, 0.15) is 5.60 Å². The number of hydrogen-bond acceptors (Lipinski definition) is 3. The van der Waals surface area contributed by atoms with Crippen molar-refractivity contribution in [2.75, 3.05) is 13.7 Å². The molecule has 0 saturated heterocycles. The molecule has 0 bridgehead atoms. The van der Waals surface area contributed by atoms with Crippen molar-refractivity contribution in [1.82, 2.24) is 4.72 Å². The van der Waals surface area contributed by atoms with Crippen LogP contribution in [0.2, 0.25) is 5.02 Å². The van der Waals surface area contributed by atoms with E-state index in [1.165, 1.54) is 0 Å². The summed E-state index contributed by atoms with van der Waals surface area (Å²) in [6.07, 6.45) is 0.641. The Bertz CT molecular complexity index is 759. The first-order valence-electron chi connectivity index (χ1n) is 7.74. The molecule has 0 aliphatic rings. The maximum Gasteiger partial charge on any atom is 0.215 e. The molecule has 0 spiro atoms. The lowest BCUT2D eigenvalue weighted by Crippen LogP contribution is -2.42. The first-order valence-corrected chi connectivity index (χ1v) is 9.77. The Balaban J connectivity index is 2.15. The van der Waals surface area contributed by atoms with Gasteiger partial charge in [-0.15, -0.1) is 0 Å². The number of rotatable bonds is 8. The molecule has 0 aliphatic carbocycles. The third kappa shape index (κ3) is 4.57. The molecule has 1 atom stereocenters. The maximum absolute atomic E-state index is 12.4.